The molecular weight excluding hydrogens is 262 g/mol. The van der Waals surface area contributed by atoms with Crippen LogP contribution >= 0.6 is 15.9 Å². The van der Waals surface area contributed by atoms with Crippen LogP contribution in [0.1, 0.15) is 37.3 Å². The van der Waals surface area contributed by atoms with Crippen LogP contribution in [0.3, 0.4) is 0 Å². The van der Waals surface area contributed by atoms with Crippen molar-refractivity contribution in [2.75, 3.05) is 0 Å². The molecule has 0 spiro atoms. The molecule has 1 N–H and O–H groups in total. The van der Waals surface area contributed by atoms with Crippen molar-refractivity contribution in [3.8, 4) is 0 Å². The largest absolute Gasteiger partial charge is 0.310 e. The van der Waals surface area contributed by atoms with E-state index >= 15 is 0 Å². The van der Waals surface area contributed by atoms with Crippen LogP contribution in [0.5, 0.6) is 0 Å². The molecule has 1 unspecified atom stereocenters. The van der Waals surface area contributed by atoms with Crippen LogP contribution in [0, 0.1) is 12.8 Å². The second-order valence-electron chi connectivity index (χ2n) is 4.96. The zero-order valence-corrected chi connectivity index (χ0v) is 11.7. The molecule has 0 radical (unpaired) electrons. The van der Waals surface area contributed by atoms with E-state index in [0.717, 1.165) is 12.5 Å². The molecule has 1 saturated carbocycles. The van der Waals surface area contributed by atoms with Crippen LogP contribution < -0.4 is 5.32 Å². The third-order valence-corrected chi connectivity index (χ3v) is 4.42. The molecule has 0 amide bonds. The van der Waals surface area contributed by atoms with Gasteiger partial charge in [-0.25, -0.2) is 0 Å². The number of rotatable bonds is 4. The molecule has 0 aromatic heterocycles. The first kappa shape index (κ1) is 12.1. The van der Waals surface area contributed by atoms with E-state index in [0.29, 0.717) is 6.04 Å². The highest BCUT2D eigenvalue weighted by Crippen LogP contribution is 2.29. The van der Waals surface area contributed by atoms with Gasteiger partial charge in [-0.05, 0) is 49.8 Å². The van der Waals surface area contributed by atoms with Gasteiger partial charge in [0.2, 0.25) is 0 Å². The molecule has 1 aromatic rings. The third-order valence-electron chi connectivity index (χ3n) is 3.68. The average molecular weight is 282 g/mol. The van der Waals surface area contributed by atoms with Gasteiger partial charge in [-0.2, -0.15) is 0 Å². The minimum Gasteiger partial charge on any atom is -0.310 e. The third kappa shape index (κ3) is 2.86. The number of nitrogens with one attached hydrogen (secondary N) is 1. The van der Waals surface area contributed by atoms with Crippen molar-refractivity contribution in [2.45, 2.75) is 45.7 Å². The van der Waals surface area contributed by atoms with Gasteiger partial charge in [0.05, 0.1) is 0 Å². The molecule has 0 aliphatic heterocycles. The number of halogens is 1. The van der Waals surface area contributed by atoms with Gasteiger partial charge in [0, 0.05) is 17.1 Å². The van der Waals surface area contributed by atoms with Crippen LogP contribution in [0.15, 0.2) is 22.7 Å². The smallest absolute Gasteiger partial charge is 0.0222 e. The summed E-state index contributed by atoms with van der Waals surface area (Å²) in [5.41, 5.74) is 2.67. The molecule has 0 heterocycles. The number of benzene rings is 1. The summed E-state index contributed by atoms with van der Waals surface area (Å²) in [6.45, 7) is 5.41. The van der Waals surface area contributed by atoms with Crippen molar-refractivity contribution in [1.82, 2.24) is 5.32 Å². The van der Waals surface area contributed by atoms with E-state index < -0.39 is 0 Å². The van der Waals surface area contributed by atoms with Crippen molar-refractivity contribution >= 4 is 15.9 Å². The fraction of sp³-hybridized carbons (Fsp3) is 0.571. The van der Waals surface area contributed by atoms with Gasteiger partial charge < -0.3 is 5.32 Å². The minimum atomic E-state index is 0.655. The van der Waals surface area contributed by atoms with E-state index in [2.05, 4.69) is 53.3 Å². The van der Waals surface area contributed by atoms with E-state index in [4.69, 9.17) is 0 Å². The predicted octanol–water partition coefficient (Wildman–Crippen LogP) is 4.04. The minimum absolute atomic E-state index is 0.655. The summed E-state index contributed by atoms with van der Waals surface area (Å²) in [5, 5.41) is 3.63. The molecule has 1 atom stereocenters. The maximum atomic E-state index is 3.63. The Morgan fingerprint density at radius 3 is 2.75 bits per heavy atom. The first-order valence-corrected chi connectivity index (χ1v) is 6.94. The maximum absolute atomic E-state index is 3.63. The highest BCUT2D eigenvalue weighted by Gasteiger charge is 2.23. The van der Waals surface area contributed by atoms with Crippen molar-refractivity contribution in [1.29, 1.82) is 0 Å². The molecule has 1 nitrogen and oxygen atoms in total. The molecule has 0 bridgehead atoms. The number of hydrogen-bond donors (Lipinski definition) is 1. The molecule has 1 aliphatic carbocycles. The van der Waals surface area contributed by atoms with Crippen molar-refractivity contribution in [3.05, 3.63) is 33.8 Å². The summed E-state index contributed by atoms with van der Waals surface area (Å²) in [6, 6.07) is 7.22. The number of aryl methyl sites for hydroxylation is 1. The van der Waals surface area contributed by atoms with Gasteiger partial charge in [-0.15, -0.1) is 0 Å². The second kappa shape index (κ2) is 5.33. The Bertz CT molecular complexity index is 358. The first-order valence-electron chi connectivity index (χ1n) is 6.15. The Morgan fingerprint density at radius 2 is 2.19 bits per heavy atom. The van der Waals surface area contributed by atoms with Crippen LogP contribution in [-0.2, 0) is 6.54 Å². The number of hydrogen-bond acceptors (Lipinski definition) is 1. The molecule has 2 heteroatoms. The van der Waals surface area contributed by atoms with Crippen LogP contribution in [0.25, 0.3) is 0 Å². The zero-order chi connectivity index (χ0) is 11.5. The van der Waals surface area contributed by atoms with Crippen molar-refractivity contribution in [3.63, 3.8) is 0 Å². The van der Waals surface area contributed by atoms with Gasteiger partial charge in [-0.1, -0.05) is 34.5 Å². The van der Waals surface area contributed by atoms with Gasteiger partial charge in [0.1, 0.15) is 0 Å². The Balaban J connectivity index is 1.88. The fourth-order valence-corrected chi connectivity index (χ4v) is 2.81. The van der Waals surface area contributed by atoms with Crippen LogP contribution in [-0.4, -0.2) is 6.04 Å². The molecular formula is C14H20BrN. The SMILES string of the molecule is Cc1ccc(CNC(C)C2CCC2)c(Br)c1. The van der Waals surface area contributed by atoms with Crippen molar-refractivity contribution < 1.29 is 0 Å². The van der Waals surface area contributed by atoms with E-state index in [-0.39, 0.29) is 0 Å². The quantitative estimate of drug-likeness (QED) is 0.879. The average Bonchev–Trinajstić information content (AvgIpc) is 2.13. The molecule has 16 heavy (non-hydrogen) atoms. The van der Waals surface area contributed by atoms with Gasteiger partial charge in [0.25, 0.3) is 0 Å². The molecule has 88 valence electrons. The maximum Gasteiger partial charge on any atom is 0.0222 e. The molecule has 1 aliphatic rings. The summed E-state index contributed by atoms with van der Waals surface area (Å²) < 4.78 is 1.22. The summed E-state index contributed by atoms with van der Waals surface area (Å²) in [4.78, 5) is 0. The molecule has 1 fully saturated rings. The zero-order valence-electron chi connectivity index (χ0n) is 10.1. The van der Waals surface area contributed by atoms with Gasteiger partial charge in [0.15, 0.2) is 0 Å². The topological polar surface area (TPSA) is 12.0 Å². The lowest BCUT2D eigenvalue weighted by molar-refractivity contribution is 0.240. The molecule has 2 rings (SSSR count). The summed E-state index contributed by atoms with van der Waals surface area (Å²) in [7, 11) is 0. The van der Waals surface area contributed by atoms with E-state index in [1.54, 1.807) is 0 Å². The first-order chi connectivity index (χ1) is 7.66. The second-order valence-corrected chi connectivity index (χ2v) is 5.81. The van der Waals surface area contributed by atoms with Crippen LogP contribution in [0.4, 0.5) is 0 Å². The highest BCUT2D eigenvalue weighted by molar-refractivity contribution is 9.10. The summed E-state index contributed by atoms with van der Waals surface area (Å²) in [5.74, 6) is 0.907. The van der Waals surface area contributed by atoms with Gasteiger partial charge in [-0.3, -0.25) is 0 Å². The summed E-state index contributed by atoms with van der Waals surface area (Å²) >= 11 is 3.63. The Kier molecular flexibility index (Phi) is 4.04. The summed E-state index contributed by atoms with van der Waals surface area (Å²) in [6.07, 6.45) is 4.23. The Hall–Kier alpha value is -0.340. The van der Waals surface area contributed by atoms with Crippen molar-refractivity contribution in [2.24, 2.45) is 5.92 Å². The Morgan fingerprint density at radius 1 is 1.44 bits per heavy atom. The van der Waals surface area contributed by atoms with Crippen LogP contribution in [0.2, 0.25) is 0 Å². The molecule has 0 saturated heterocycles. The lowest BCUT2D eigenvalue weighted by Gasteiger charge is -2.32. The van der Waals surface area contributed by atoms with Gasteiger partial charge >= 0.3 is 0 Å². The monoisotopic (exact) mass is 281 g/mol. The normalized spacial score (nSPS) is 18.2. The molecule has 1 aromatic carbocycles. The van der Waals surface area contributed by atoms with E-state index in [1.807, 2.05) is 0 Å². The Labute approximate surface area is 107 Å². The predicted molar refractivity (Wildman–Crippen MR) is 72.5 cm³/mol. The highest BCUT2D eigenvalue weighted by atomic mass is 79.9. The lowest BCUT2D eigenvalue weighted by atomic mass is 9.80. The standard InChI is InChI=1S/C14H20BrN/c1-10-6-7-13(14(15)8-10)9-16-11(2)12-4-3-5-12/h6-8,11-12,16H,3-5,9H2,1-2H3. The fourth-order valence-electron chi connectivity index (χ4n) is 2.17. The van der Waals surface area contributed by atoms with E-state index in [1.165, 1.54) is 34.9 Å². The van der Waals surface area contributed by atoms with E-state index in [9.17, 15) is 0 Å². The lowest BCUT2D eigenvalue weighted by Crippen LogP contribution is -2.36.